The first-order chi connectivity index (χ1) is 11.8. The molecular formula is C17H17N5OS. The van der Waals surface area contributed by atoms with Gasteiger partial charge in [0.25, 0.3) is 5.91 Å². The van der Waals surface area contributed by atoms with E-state index >= 15 is 0 Å². The number of hydrogen-bond acceptors (Lipinski definition) is 5. The molecule has 0 atom stereocenters. The van der Waals surface area contributed by atoms with Crippen LogP contribution in [0.5, 0.6) is 0 Å². The molecular weight excluding hydrogens is 322 g/mol. The summed E-state index contributed by atoms with van der Waals surface area (Å²) in [5.74, 6) is 1.19. The molecule has 6 nitrogen and oxygen atoms in total. The molecule has 0 fully saturated rings. The highest BCUT2D eigenvalue weighted by Crippen LogP contribution is 2.19. The lowest BCUT2D eigenvalue weighted by Crippen LogP contribution is -2.27. The van der Waals surface area contributed by atoms with Gasteiger partial charge >= 0.3 is 0 Å². The Kier molecular flexibility index (Phi) is 5.22. The number of aromatic nitrogens is 4. The smallest absolute Gasteiger partial charge is 0.252 e. The molecule has 1 aromatic carbocycles. The molecule has 0 saturated heterocycles. The number of carbonyl (C=O) groups is 1. The Hall–Kier alpha value is -2.67. The minimum absolute atomic E-state index is 0.0717. The summed E-state index contributed by atoms with van der Waals surface area (Å²) in [6.45, 7) is 1.10. The van der Waals surface area contributed by atoms with E-state index in [1.54, 1.807) is 36.4 Å². The second-order valence-electron chi connectivity index (χ2n) is 4.97. The SMILES string of the molecule is CSc1ccccc1C(=O)NCCn1ccnc1-c1ncccn1. The zero-order chi connectivity index (χ0) is 16.8. The molecule has 1 amide bonds. The van der Waals surface area contributed by atoms with Crippen LogP contribution < -0.4 is 5.32 Å². The molecule has 0 aliphatic rings. The molecule has 2 heterocycles. The Morgan fingerprint density at radius 3 is 2.71 bits per heavy atom. The van der Waals surface area contributed by atoms with Gasteiger partial charge in [-0.15, -0.1) is 11.8 Å². The number of amides is 1. The van der Waals surface area contributed by atoms with Gasteiger partial charge < -0.3 is 9.88 Å². The summed E-state index contributed by atoms with van der Waals surface area (Å²) >= 11 is 1.56. The van der Waals surface area contributed by atoms with E-state index in [1.165, 1.54) is 0 Å². The number of hydrogen-bond donors (Lipinski definition) is 1. The highest BCUT2D eigenvalue weighted by atomic mass is 32.2. The van der Waals surface area contributed by atoms with E-state index in [0.29, 0.717) is 30.3 Å². The highest BCUT2D eigenvalue weighted by Gasteiger charge is 2.11. The summed E-state index contributed by atoms with van der Waals surface area (Å²) in [6, 6.07) is 9.34. The number of benzene rings is 1. The molecule has 3 rings (SSSR count). The first-order valence-electron chi connectivity index (χ1n) is 7.49. The fraction of sp³-hybridized carbons (Fsp3) is 0.176. The van der Waals surface area contributed by atoms with Crippen molar-refractivity contribution in [3.8, 4) is 11.6 Å². The number of carbonyl (C=O) groups excluding carboxylic acids is 1. The Balaban J connectivity index is 1.64. The molecule has 0 radical (unpaired) electrons. The standard InChI is InChI=1S/C17H17N5OS/c1-24-14-6-3-2-5-13(14)17(23)21-10-12-22-11-9-20-16(22)15-18-7-4-8-19-15/h2-9,11H,10,12H2,1H3,(H,21,23). The van der Waals surface area contributed by atoms with Gasteiger partial charge in [0.1, 0.15) is 0 Å². The summed E-state index contributed by atoms with van der Waals surface area (Å²) in [5.41, 5.74) is 0.697. The lowest BCUT2D eigenvalue weighted by Gasteiger charge is -2.10. The fourth-order valence-corrected chi connectivity index (χ4v) is 2.92. The number of thioether (sulfide) groups is 1. The van der Waals surface area contributed by atoms with Crippen LogP contribution in [0.15, 0.2) is 60.0 Å². The molecule has 0 spiro atoms. The van der Waals surface area contributed by atoms with E-state index in [2.05, 4.69) is 20.3 Å². The van der Waals surface area contributed by atoms with Gasteiger partial charge in [-0.2, -0.15) is 0 Å². The van der Waals surface area contributed by atoms with Crippen LogP contribution >= 0.6 is 11.8 Å². The molecule has 0 aliphatic heterocycles. The van der Waals surface area contributed by atoms with Gasteiger partial charge in [0.15, 0.2) is 11.6 Å². The zero-order valence-corrected chi connectivity index (χ0v) is 14.0. The number of nitrogens with zero attached hydrogens (tertiary/aromatic N) is 4. The monoisotopic (exact) mass is 339 g/mol. The number of nitrogens with one attached hydrogen (secondary N) is 1. The van der Waals surface area contributed by atoms with Crippen LogP contribution in [-0.4, -0.2) is 38.2 Å². The van der Waals surface area contributed by atoms with Crippen LogP contribution in [0.4, 0.5) is 0 Å². The maximum Gasteiger partial charge on any atom is 0.252 e. The van der Waals surface area contributed by atoms with Crippen molar-refractivity contribution >= 4 is 17.7 Å². The summed E-state index contributed by atoms with van der Waals surface area (Å²) in [5, 5.41) is 2.95. The largest absolute Gasteiger partial charge is 0.350 e. The Morgan fingerprint density at radius 2 is 1.92 bits per heavy atom. The third-order valence-electron chi connectivity index (χ3n) is 3.47. The molecule has 1 N–H and O–H groups in total. The predicted octanol–water partition coefficient (Wildman–Crippen LogP) is 2.49. The normalized spacial score (nSPS) is 10.5. The maximum atomic E-state index is 12.3. The van der Waals surface area contributed by atoms with Crippen LogP contribution in [0.3, 0.4) is 0 Å². The lowest BCUT2D eigenvalue weighted by atomic mass is 10.2. The minimum Gasteiger partial charge on any atom is -0.350 e. The van der Waals surface area contributed by atoms with E-state index < -0.39 is 0 Å². The quantitative estimate of drug-likeness (QED) is 0.699. The Bertz CT molecular complexity index is 819. The molecule has 2 aromatic heterocycles. The predicted molar refractivity (Wildman–Crippen MR) is 93.8 cm³/mol. The van der Waals surface area contributed by atoms with Crippen molar-refractivity contribution in [2.45, 2.75) is 11.4 Å². The zero-order valence-electron chi connectivity index (χ0n) is 13.2. The van der Waals surface area contributed by atoms with Crippen molar-refractivity contribution in [1.29, 1.82) is 0 Å². The molecule has 7 heteroatoms. The van der Waals surface area contributed by atoms with Crippen LogP contribution in [0.1, 0.15) is 10.4 Å². The van der Waals surface area contributed by atoms with E-state index in [0.717, 1.165) is 4.90 Å². The molecule has 0 saturated carbocycles. The number of imidazole rings is 1. The summed E-state index contributed by atoms with van der Waals surface area (Å²) in [4.78, 5) is 26.0. The average Bonchev–Trinajstić information content (AvgIpc) is 3.11. The van der Waals surface area contributed by atoms with Crippen molar-refractivity contribution in [1.82, 2.24) is 24.8 Å². The maximum absolute atomic E-state index is 12.3. The van der Waals surface area contributed by atoms with Gasteiger partial charge in [0.2, 0.25) is 0 Å². The molecule has 3 aromatic rings. The van der Waals surface area contributed by atoms with Crippen molar-refractivity contribution in [3.63, 3.8) is 0 Å². The van der Waals surface area contributed by atoms with E-state index in [1.807, 2.05) is 41.3 Å². The third-order valence-corrected chi connectivity index (χ3v) is 4.27. The highest BCUT2D eigenvalue weighted by molar-refractivity contribution is 7.98. The van der Waals surface area contributed by atoms with E-state index in [-0.39, 0.29) is 5.91 Å². The third kappa shape index (κ3) is 3.62. The average molecular weight is 339 g/mol. The lowest BCUT2D eigenvalue weighted by molar-refractivity contribution is 0.0949. The van der Waals surface area contributed by atoms with Crippen molar-refractivity contribution < 1.29 is 4.79 Å². The van der Waals surface area contributed by atoms with Gasteiger partial charge in [-0.25, -0.2) is 15.0 Å². The van der Waals surface area contributed by atoms with E-state index in [9.17, 15) is 4.79 Å². The topological polar surface area (TPSA) is 72.7 Å². The first kappa shape index (κ1) is 16.2. The summed E-state index contributed by atoms with van der Waals surface area (Å²) < 4.78 is 1.93. The first-order valence-corrected chi connectivity index (χ1v) is 8.72. The second-order valence-corrected chi connectivity index (χ2v) is 5.82. The van der Waals surface area contributed by atoms with Gasteiger partial charge in [-0.1, -0.05) is 12.1 Å². The van der Waals surface area contributed by atoms with Gasteiger partial charge in [0.05, 0.1) is 5.56 Å². The van der Waals surface area contributed by atoms with Crippen LogP contribution in [0, 0.1) is 0 Å². The van der Waals surface area contributed by atoms with Crippen LogP contribution in [0.25, 0.3) is 11.6 Å². The molecule has 122 valence electrons. The van der Waals surface area contributed by atoms with Crippen LogP contribution in [0.2, 0.25) is 0 Å². The minimum atomic E-state index is -0.0717. The van der Waals surface area contributed by atoms with Crippen molar-refractivity contribution in [2.75, 3.05) is 12.8 Å². The van der Waals surface area contributed by atoms with Gasteiger partial charge in [0, 0.05) is 42.8 Å². The second kappa shape index (κ2) is 7.74. The van der Waals surface area contributed by atoms with E-state index in [4.69, 9.17) is 0 Å². The van der Waals surface area contributed by atoms with Gasteiger partial charge in [-0.05, 0) is 24.5 Å². The van der Waals surface area contributed by atoms with Crippen molar-refractivity contribution in [2.24, 2.45) is 0 Å². The Morgan fingerprint density at radius 1 is 1.12 bits per heavy atom. The molecule has 0 aliphatic carbocycles. The molecule has 0 unspecified atom stereocenters. The van der Waals surface area contributed by atoms with Crippen molar-refractivity contribution in [3.05, 3.63) is 60.7 Å². The molecule has 0 bridgehead atoms. The molecule has 24 heavy (non-hydrogen) atoms. The fourth-order valence-electron chi connectivity index (χ4n) is 2.33. The van der Waals surface area contributed by atoms with Gasteiger partial charge in [-0.3, -0.25) is 4.79 Å². The van der Waals surface area contributed by atoms with Crippen LogP contribution in [-0.2, 0) is 6.54 Å². The number of rotatable bonds is 6. The summed E-state index contributed by atoms with van der Waals surface area (Å²) in [6.07, 6.45) is 8.89. The summed E-state index contributed by atoms with van der Waals surface area (Å²) in [7, 11) is 0. The Labute approximate surface area is 144 Å².